The summed E-state index contributed by atoms with van der Waals surface area (Å²) >= 11 is 0. The number of ether oxygens (including phenoxy) is 2. The molecule has 0 atom stereocenters. The topological polar surface area (TPSA) is 65.0 Å². The highest BCUT2D eigenvalue weighted by atomic mass is 19.3. The van der Waals surface area contributed by atoms with Gasteiger partial charge in [-0.2, -0.15) is 10.2 Å². The molecular formula is C15H20F2N4O2. The quantitative estimate of drug-likeness (QED) is 0.809. The zero-order chi connectivity index (χ0) is 16.4. The van der Waals surface area contributed by atoms with Crippen molar-refractivity contribution in [2.24, 2.45) is 7.05 Å². The molecule has 0 spiro atoms. The van der Waals surface area contributed by atoms with Gasteiger partial charge in [0.05, 0.1) is 47.7 Å². The van der Waals surface area contributed by atoms with Crippen molar-refractivity contribution in [3.8, 4) is 0 Å². The van der Waals surface area contributed by atoms with Crippen LogP contribution in [0.15, 0.2) is 12.3 Å². The van der Waals surface area contributed by atoms with Gasteiger partial charge in [0.25, 0.3) is 6.43 Å². The molecular weight excluding hydrogens is 306 g/mol. The van der Waals surface area contributed by atoms with E-state index in [1.807, 2.05) is 13.1 Å². The number of alkyl halides is 2. The first-order valence-corrected chi connectivity index (χ1v) is 7.48. The van der Waals surface area contributed by atoms with Crippen LogP contribution in [0.4, 0.5) is 8.78 Å². The minimum Gasteiger partial charge on any atom is -0.378 e. The van der Waals surface area contributed by atoms with E-state index in [1.165, 1.54) is 0 Å². The van der Waals surface area contributed by atoms with Gasteiger partial charge in [0.15, 0.2) is 0 Å². The third kappa shape index (κ3) is 3.59. The molecule has 1 N–H and O–H groups in total. The van der Waals surface area contributed by atoms with Crippen molar-refractivity contribution >= 4 is 0 Å². The summed E-state index contributed by atoms with van der Waals surface area (Å²) in [4.78, 5) is 0. The molecule has 0 saturated heterocycles. The fourth-order valence-electron chi connectivity index (χ4n) is 2.63. The summed E-state index contributed by atoms with van der Waals surface area (Å²) in [5.41, 5.74) is 1.86. The summed E-state index contributed by atoms with van der Waals surface area (Å²) in [5.74, 6) is 0. The van der Waals surface area contributed by atoms with Crippen LogP contribution in [0.25, 0.3) is 0 Å². The normalized spacial score (nSPS) is 16.2. The summed E-state index contributed by atoms with van der Waals surface area (Å²) in [6.45, 7) is 0.612. The molecule has 1 saturated carbocycles. The zero-order valence-corrected chi connectivity index (χ0v) is 13.2. The number of methoxy groups -OCH3 is 1. The third-order valence-corrected chi connectivity index (χ3v) is 4.14. The van der Waals surface area contributed by atoms with Crippen LogP contribution in [0.2, 0.25) is 0 Å². The number of nitrogens with zero attached hydrogens (tertiary/aromatic N) is 3. The summed E-state index contributed by atoms with van der Waals surface area (Å²) in [6, 6.07) is 1.99. The Hall–Kier alpha value is -1.80. The summed E-state index contributed by atoms with van der Waals surface area (Å²) in [6.07, 6.45) is 1.08. The Kier molecular flexibility index (Phi) is 4.45. The first-order valence-electron chi connectivity index (χ1n) is 7.48. The number of nitrogens with one attached hydrogen (secondary N) is 1. The molecule has 126 valence electrons. The Morgan fingerprint density at radius 1 is 1.39 bits per heavy atom. The second kappa shape index (κ2) is 6.37. The van der Waals surface area contributed by atoms with Gasteiger partial charge in [0, 0.05) is 20.6 Å². The predicted molar refractivity (Wildman–Crippen MR) is 77.9 cm³/mol. The highest BCUT2D eigenvalue weighted by Gasteiger charge is 2.45. The fraction of sp³-hybridized carbons (Fsp3) is 0.600. The lowest BCUT2D eigenvalue weighted by molar-refractivity contribution is 0.0160. The lowest BCUT2D eigenvalue weighted by atomic mass is 10.1. The van der Waals surface area contributed by atoms with Crippen molar-refractivity contribution in [3.05, 3.63) is 34.9 Å². The maximum Gasteiger partial charge on any atom is 0.267 e. The largest absolute Gasteiger partial charge is 0.378 e. The second-order valence-corrected chi connectivity index (χ2v) is 5.94. The van der Waals surface area contributed by atoms with Crippen LogP contribution in [-0.4, -0.2) is 32.7 Å². The van der Waals surface area contributed by atoms with E-state index < -0.39 is 6.43 Å². The van der Waals surface area contributed by atoms with Crippen LogP contribution < -0.4 is 0 Å². The zero-order valence-electron chi connectivity index (χ0n) is 13.2. The molecule has 1 aliphatic rings. The molecule has 1 aliphatic carbocycles. The van der Waals surface area contributed by atoms with Gasteiger partial charge in [-0.3, -0.25) is 9.78 Å². The van der Waals surface area contributed by atoms with Gasteiger partial charge in [-0.25, -0.2) is 8.78 Å². The van der Waals surface area contributed by atoms with Crippen LogP contribution in [-0.2, 0) is 36.2 Å². The predicted octanol–water partition coefficient (Wildman–Crippen LogP) is 2.52. The average molecular weight is 326 g/mol. The van der Waals surface area contributed by atoms with Gasteiger partial charge in [-0.15, -0.1) is 0 Å². The first-order chi connectivity index (χ1) is 11.0. The van der Waals surface area contributed by atoms with Crippen LogP contribution in [0.1, 0.15) is 41.9 Å². The number of aromatic nitrogens is 4. The van der Waals surface area contributed by atoms with Gasteiger partial charge in [-0.1, -0.05) is 0 Å². The molecule has 6 nitrogen and oxygen atoms in total. The Labute approximate surface area is 132 Å². The van der Waals surface area contributed by atoms with Crippen molar-refractivity contribution in [2.75, 3.05) is 7.11 Å². The van der Waals surface area contributed by atoms with Crippen LogP contribution >= 0.6 is 0 Å². The van der Waals surface area contributed by atoms with Gasteiger partial charge >= 0.3 is 0 Å². The number of halogens is 2. The molecule has 0 aromatic carbocycles. The minimum absolute atomic E-state index is 0.0963. The number of hydrogen-bond acceptors (Lipinski definition) is 4. The lowest BCUT2D eigenvalue weighted by Crippen LogP contribution is -2.18. The van der Waals surface area contributed by atoms with Crippen molar-refractivity contribution in [2.45, 2.75) is 44.5 Å². The fourth-order valence-corrected chi connectivity index (χ4v) is 2.63. The summed E-state index contributed by atoms with van der Waals surface area (Å²) in [5, 5.41) is 10.7. The van der Waals surface area contributed by atoms with E-state index in [2.05, 4.69) is 15.3 Å². The Balaban J connectivity index is 1.62. The van der Waals surface area contributed by atoms with E-state index in [9.17, 15) is 8.78 Å². The SMILES string of the molecule is COCc1cc(CC2(OCc3[nH]ncc3C(F)F)CC2)nn1C. The number of aromatic amines is 1. The minimum atomic E-state index is -2.55. The molecule has 0 amide bonds. The van der Waals surface area contributed by atoms with Gasteiger partial charge in [0.2, 0.25) is 0 Å². The van der Waals surface area contributed by atoms with Crippen molar-refractivity contribution in [3.63, 3.8) is 0 Å². The van der Waals surface area contributed by atoms with E-state index in [0.717, 1.165) is 30.4 Å². The molecule has 2 heterocycles. The van der Waals surface area contributed by atoms with E-state index in [1.54, 1.807) is 11.8 Å². The van der Waals surface area contributed by atoms with Crippen LogP contribution in [0, 0.1) is 0 Å². The van der Waals surface area contributed by atoms with Crippen molar-refractivity contribution in [1.29, 1.82) is 0 Å². The Bertz CT molecular complexity index is 664. The summed E-state index contributed by atoms with van der Waals surface area (Å²) in [7, 11) is 3.51. The highest BCUT2D eigenvalue weighted by molar-refractivity contribution is 5.18. The standard InChI is InChI=1S/C15H20F2N4O2/c1-21-11(8-22-2)5-10(20-21)6-15(3-4-15)23-9-13-12(14(16)17)7-18-19-13/h5,7,14H,3-4,6,8-9H2,1-2H3,(H,18,19). The number of hydrogen-bond donors (Lipinski definition) is 1. The average Bonchev–Trinajstić information content (AvgIpc) is 2.94. The van der Waals surface area contributed by atoms with E-state index in [0.29, 0.717) is 18.7 Å². The highest BCUT2D eigenvalue weighted by Crippen LogP contribution is 2.43. The Morgan fingerprint density at radius 3 is 2.83 bits per heavy atom. The molecule has 0 aliphatic heterocycles. The number of aryl methyl sites for hydroxylation is 1. The first kappa shape index (κ1) is 16.1. The van der Waals surface area contributed by atoms with Crippen molar-refractivity contribution in [1.82, 2.24) is 20.0 Å². The molecule has 0 bridgehead atoms. The number of H-pyrrole nitrogens is 1. The monoisotopic (exact) mass is 326 g/mol. The molecule has 0 unspecified atom stereocenters. The molecule has 2 aromatic heterocycles. The maximum absolute atomic E-state index is 12.8. The van der Waals surface area contributed by atoms with E-state index in [-0.39, 0.29) is 17.8 Å². The lowest BCUT2D eigenvalue weighted by Gasteiger charge is -2.15. The van der Waals surface area contributed by atoms with E-state index in [4.69, 9.17) is 9.47 Å². The molecule has 8 heteroatoms. The van der Waals surface area contributed by atoms with Crippen molar-refractivity contribution < 1.29 is 18.3 Å². The van der Waals surface area contributed by atoms with Gasteiger partial charge in [0.1, 0.15) is 0 Å². The molecule has 0 radical (unpaired) electrons. The molecule has 23 heavy (non-hydrogen) atoms. The van der Waals surface area contributed by atoms with Crippen LogP contribution in [0.3, 0.4) is 0 Å². The van der Waals surface area contributed by atoms with Crippen LogP contribution in [0.5, 0.6) is 0 Å². The molecule has 3 rings (SSSR count). The van der Waals surface area contributed by atoms with Gasteiger partial charge < -0.3 is 9.47 Å². The Morgan fingerprint density at radius 2 is 2.17 bits per heavy atom. The molecule has 1 fully saturated rings. The maximum atomic E-state index is 12.8. The second-order valence-electron chi connectivity index (χ2n) is 5.94. The third-order valence-electron chi connectivity index (χ3n) is 4.14. The number of rotatable bonds is 8. The molecule has 2 aromatic rings. The van der Waals surface area contributed by atoms with E-state index >= 15 is 0 Å². The summed E-state index contributed by atoms with van der Waals surface area (Å²) < 4.78 is 38.5. The smallest absolute Gasteiger partial charge is 0.267 e. The van der Waals surface area contributed by atoms with Gasteiger partial charge in [-0.05, 0) is 18.9 Å².